The normalized spacial score (nSPS) is 13.3. The van der Waals surface area contributed by atoms with Crippen molar-refractivity contribution in [1.29, 1.82) is 0 Å². The van der Waals surface area contributed by atoms with E-state index in [1.54, 1.807) is 0 Å². The summed E-state index contributed by atoms with van der Waals surface area (Å²) in [5, 5.41) is 11.6. The molecule has 0 aliphatic heterocycles. The van der Waals surface area contributed by atoms with Crippen LogP contribution in [0.2, 0.25) is 0 Å². The van der Waals surface area contributed by atoms with Gasteiger partial charge in [0.05, 0.1) is 19.0 Å². The highest BCUT2D eigenvalue weighted by Gasteiger charge is 2.21. The SMILES string of the molecule is CC(C)(CCOCCOCCC(C)(C)CCS(=O)(=O)O)CCSOOO. The lowest BCUT2D eigenvalue weighted by Gasteiger charge is -2.24. The lowest BCUT2D eigenvalue weighted by molar-refractivity contribution is -0.432. The van der Waals surface area contributed by atoms with E-state index in [0.29, 0.717) is 45.0 Å². The van der Waals surface area contributed by atoms with E-state index >= 15 is 0 Å². The van der Waals surface area contributed by atoms with Crippen LogP contribution in [0.15, 0.2) is 0 Å². The first-order valence-corrected chi connectivity index (χ1v) is 11.2. The van der Waals surface area contributed by atoms with Gasteiger partial charge in [0.1, 0.15) is 0 Å². The van der Waals surface area contributed by atoms with Crippen molar-refractivity contribution in [3.63, 3.8) is 0 Å². The van der Waals surface area contributed by atoms with E-state index in [1.807, 2.05) is 13.8 Å². The van der Waals surface area contributed by atoms with Crippen molar-refractivity contribution in [2.24, 2.45) is 10.8 Å². The molecule has 10 heteroatoms. The summed E-state index contributed by atoms with van der Waals surface area (Å²) >= 11 is 1.06. The smallest absolute Gasteiger partial charge is 0.264 e. The highest BCUT2D eigenvalue weighted by molar-refractivity contribution is 7.94. The molecule has 0 amide bonds. The van der Waals surface area contributed by atoms with Gasteiger partial charge in [-0.3, -0.25) is 4.55 Å². The molecule has 0 aliphatic carbocycles. The van der Waals surface area contributed by atoms with Crippen LogP contribution >= 0.6 is 12.0 Å². The standard InChI is InChI=1S/C16H34O8S2/c1-15(2,7-13-25-24-23-17)5-9-21-11-12-22-10-6-16(3,4)8-14-26(18,19)20/h17H,5-14H2,1-4H3,(H,18,19,20). The molecular formula is C16H34O8S2. The minimum absolute atomic E-state index is 0.101. The second-order valence-electron chi connectivity index (χ2n) is 7.80. The maximum absolute atomic E-state index is 10.8. The van der Waals surface area contributed by atoms with Crippen LogP contribution in [-0.2, 0) is 29.0 Å². The predicted molar refractivity (Wildman–Crippen MR) is 101 cm³/mol. The Kier molecular flexibility index (Phi) is 13.3. The van der Waals surface area contributed by atoms with Crippen LogP contribution in [0, 0.1) is 10.8 Å². The van der Waals surface area contributed by atoms with Gasteiger partial charge < -0.3 is 9.47 Å². The summed E-state index contributed by atoms with van der Waals surface area (Å²) in [6.45, 7) is 10.4. The van der Waals surface area contributed by atoms with E-state index in [1.165, 1.54) is 0 Å². The van der Waals surface area contributed by atoms with Gasteiger partial charge in [-0.1, -0.05) is 32.7 Å². The number of hydrogen-bond donors (Lipinski definition) is 2. The van der Waals surface area contributed by atoms with Crippen LogP contribution in [0.1, 0.15) is 53.4 Å². The molecule has 0 fully saturated rings. The molecule has 0 aromatic carbocycles. The van der Waals surface area contributed by atoms with Crippen molar-refractivity contribution in [3.8, 4) is 0 Å². The first-order chi connectivity index (χ1) is 12.0. The van der Waals surface area contributed by atoms with Gasteiger partial charge in [-0.25, -0.2) is 5.26 Å². The summed E-state index contributed by atoms with van der Waals surface area (Å²) in [4.78, 5) is 0. The molecule has 0 unspecified atom stereocenters. The summed E-state index contributed by atoms with van der Waals surface area (Å²) < 4.78 is 45.9. The molecule has 8 nitrogen and oxygen atoms in total. The summed E-state index contributed by atoms with van der Waals surface area (Å²) in [6.07, 6.45) is 2.91. The molecule has 0 spiro atoms. The third-order valence-electron chi connectivity index (χ3n) is 4.20. The Bertz CT molecular complexity index is 451. The predicted octanol–water partition coefficient (Wildman–Crippen LogP) is 3.59. The van der Waals surface area contributed by atoms with Gasteiger partial charge in [-0.15, -0.1) is 4.33 Å². The minimum atomic E-state index is -3.91. The summed E-state index contributed by atoms with van der Waals surface area (Å²) in [7, 11) is -3.91. The molecule has 0 radical (unpaired) electrons. The maximum atomic E-state index is 10.8. The van der Waals surface area contributed by atoms with E-state index in [-0.39, 0.29) is 16.6 Å². The molecule has 0 saturated carbocycles. The zero-order valence-corrected chi connectivity index (χ0v) is 17.9. The Morgan fingerprint density at radius 2 is 1.35 bits per heavy atom. The van der Waals surface area contributed by atoms with Gasteiger partial charge in [0.25, 0.3) is 10.1 Å². The van der Waals surface area contributed by atoms with Crippen LogP contribution in [-0.4, -0.2) is 56.2 Å². The molecule has 0 heterocycles. The van der Waals surface area contributed by atoms with E-state index in [9.17, 15) is 8.42 Å². The Labute approximate surface area is 161 Å². The van der Waals surface area contributed by atoms with Crippen molar-refractivity contribution in [3.05, 3.63) is 0 Å². The maximum Gasteiger partial charge on any atom is 0.264 e. The van der Waals surface area contributed by atoms with E-state index in [0.717, 1.165) is 24.9 Å². The molecule has 0 aromatic heterocycles. The van der Waals surface area contributed by atoms with E-state index in [4.69, 9.17) is 19.3 Å². The van der Waals surface area contributed by atoms with Gasteiger partial charge in [-0.05, 0) is 36.5 Å². The Morgan fingerprint density at radius 1 is 0.846 bits per heavy atom. The number of rotatable bonds is 17. The van der Waals surface area contributed by atoms with Crippen LogP contribution < -0.4 is 0 Å². The molecule has 2 N–H and O–H groups in total. The first-order valence-electron chi connectivity index (χ1n) is 8.68. The lowest BCUT2D eigenvalue weighted by atomic mass is 9.87. The summed E-state index contributed by atoms with van der Waals surface area (Å²) in [5.41, 5.74) is -0.104. The van der Waals surface area contributed by atoms with Gasteiger partial charge in [0.15, 0.2) is 0 Å². The highest BCUT2D eigenvalue weighted by Crippen LogP contribution is 2.27. The van der Waals surface area contributed by atoms with Gasteiger partial charge in [0.2, 0.25) is 0 Å². The minimum Gasteiger partial charge on any atom is -0.379 e. The Hall–Kier alpha value is 0.0600. The monoisotopic (exact) mass is 418 g/mol. The number of ether oxygens (including phenoxy) is 2. The van der Waals surface area contributed by atoms with Crippen molar-refractivity contribution in [2.45, 2.75) is 53.4 Å². The van der Waals surface area contributed by atoms with Crippen molar-refractivity contribution < 1.29 is 37.1 Å². The van der Waals surface area contributed by atoms with E-state index in [2.05, 4.69) is 23.2 Å². The van der Waals surface area contributed by atoms with Crippen LogP contribution in [0.25, 0.3) is 0 Å². The zero-order valence-electron chi connectivity index (χ0n) is 16.2. The summed E-state index contributed by atoms with van der Waals surface area (Å²) in [5.74, 6) is 0.487. The Morgan fingerprint density at radius 3 is 1.81 bits per heavy atom. The van der Waals surface area contributed by atoms with Crippen LogP contribution in [0.4, 0.5) is 0 Å². The molecule has 26 heavy (non-hydrogen) atoms. The zero-order chi connectivity index (χ0) is 20.1. The molecule has 0 aliphatic rings. The topological polar surface area (TPSA) is 112 Å². The van der Waals surface area contributed by atoms with Crippen molar-refractivity contribution >= 4 is 22.2 Å². The van der Waals surface area contributed by atoms with Crippen LogP contribution in [0.5, 0.6) is 0 Å². The average Bonchev–Trinajstić information content (AvgIpc) is 2.52. The second-order valence-corrected chi connectivity index (χ2v) is 10.2. The third-order valence-corrected chi connectivity index (χ3v) is 5.44. The molecule has 0 rings (SSSR count). The number of hydrogen-bond acceptors (Lipinski definition) is 8. The van der Waals surface area contributed by atoms with Gasteiger partial charge in [0, 0.05) is 31.0 Å². The quantitative estimate of drug-likeness (QED) is 0.120. The molecule has 0 atom stereocenters. The molecule has 158 valence electrons. The van der Waals surface area contributed by atoms with Gasteiger partial charge >= 0.3 is 0 Å². The van der Waals surface area contributed by atoms with Crippen molar-refractivity contribution in [2.75, 3.05) is 37.9 Å². The largest absolute Gasteiger partial charge is 0.379 e. The lowest BCUT2D eigenvalue weighted by Crippen LogP contribution is -2.20. The van der Waals surface area contributed by atoms with E-state index < -0.39 is 10.1 Å². The molecule has 0 bridgehead atoms. The van der Waals surface area contributed by atoms with Crippen LogP contribution in [0.3, 0.4) is 0 Å². The average molecular weight is 419 g/mol. The van der Waals surface area contributed by atoms with Crippen molar-refractivity contribution in [1.82, 2.24) is 0 Å². The molecular weight excluding hydrogens is 384 g/mol. The fraction of sp³-hybridized carbons (Fsp3) is 1.00. The third kappa shape index (κ3) is 17.5. The fourth-order valence-corrected chi connectivity index (χ4v) is 3.61. The highest BCUT2D eigenvalue weighted by atomic mass is 32.2. The summed E-state index contributed by atoms with van der Waals surface area (Å²) in [6, 6.07) is 0. The molecule has 0 aromatic rings. The first kappa shape index (κ1) is 26.1. The van der Waals surface area contributed by atoms with Gasteiger partial charge in [-0.2, -0.15) is 8.42 Å². The fourth-order valence-electron chi connectivity index (χ4n) is 2.05. The molecule has 0 saturated heterocycles. The Balaban J connectivity index is 3.63. The second kappa shape index (κ2) is 13.3.